The van der Waals surface area contributed by atoms with Crippen molar-refractivity contribution in [3.8, 4) is 0 Å². The van der Waals surface area contributed by atoms with Crippen LogP contribution in [0.2, 0.25) is 0 Å². The molecule has 18 heavy (non-hydrogen) atoms. The molecule has 0 fully saturated rings. The molecule has 0 rings (SSSR count). The Bertz CT molecular complexity index is 205. The normalized spacial score (nSPS) is 13.6. The quantitative estimate of drug-likeness (QED) is 0.285. The molecule has 0 aromatic rings. The molecular formula is C15H31NO2. The zero-order chi connectivity index (χ0) is 13.9. The first-order valence-electron chi connectivity index (χ1n) is 7.38. The van der Waals surface area contributed by atoms with Crippen molar-refractivity contribution in [2.75, 3.05) is 0 Å². The zero-order valence-electron chi connectivity index (χ0n) is 12.1. The third-order valence-electron chi connectivity index (χ3n) is 3.23. The number of rotatable bonds is 12. The van der Waals surface area contributed by atoms with E-state index in [1.807, 2.05) is 6.92 Å². The topological polar surface area (TPSA) is 52.5 Å². The molecule has 0 saturated carbocycles. The molecular weight excluding hydrogens is 226 g/mol. The Balaban J connectivity index is 3.35. The van der Waals surface area contributed by atoms with Crippen molar-refractivity contribution in [2.24, 2.45) is 0 Å². The Hall–Kier alpha value is -0.380. The van der Waals surface area contributed by atoms with Gasteiger partial charge in [-0.3, -0.25) is 5.32 Å². The van der Waals surface area contributed by atoms with Gasteiger partial charge in [0.25, 0.3) is 0 Å². The van der Waals surface area contributed by atoms with Crippen molar-refractivity contribution in [1.82, 2.24) is 5.32 Å². The van der Waals surface area contributed by atoms with Crippen LogP contribution in [0.5, 0.6) is 0 Å². The van der Waals surface area contributed by atoms with Crippen molar-refractivity contribution in [1.29, 1.82) is 0 Å². The second-order valence-electron chi connectivity index (χ2n) is 5.24. The molecule has 108 valence electrons. The summed E-state index contributed by atoms with van der Waals surface area (Å²) in [6, 6.07) is 0.0955. The summed E-state index contributed by atoms with van der Waals surface area (Å²) in [6.07, 6.45) is 12.4. The fourth-order valence-electron chi connectivity index (χ4n) is 2.08. The van der Waals surface area contributed by atoms with E-state index in [2.05, 4.69) is 18.8 Å². The standard InChI is InChI=1S/C15H31NO2/c1-4-6-7-8-9-10-11-12-13-14(3)16-15(17,18)5-2/h5,14,16-18H,2,4,6-13H2,1,3H3/t14-/m0/s1. The SMILES string of the molecule is C=CC(O)(O)N[C@@H](C)CCCCCCCCCC. The molecule has 0 aromatic heterocycles. The van der Waals surface area contributed by atoms with Crippen LogP contribution in [-0.2, 0) is 0 Å². The van der Waals surface area contributed by atoms with E-state index in [0.29, 0.717) is 0 Å². The van der Waals surface area contributed by atoms with Gasteiger partial charge in [0, 0.05) is 6.04 Å². The summed E-state index contributed by atoms with van der Waals surface area (Å²) in [5, 5.41) is 21.4. The number of aliphatic hydroxyl groups is 2. The highest BCUT2D eigenvalue weighted by molar-refractivity contribution is 4.85. The second-order valence-corrected chi connectivity index (χ2v) is 5.24. The van der Waals surface area contributed by atoms with Crippen LogP contribution in [-0.4, -0.2) is 22.2 Å². The maximum absolute atomic E-state index is 9.34. The van der Waals surface area contributed by atoms with Crippen molar-refractivity contribution in [2.45, 2.75) is 83.6 Å². The van der Waals surface area contributed by atoms with E-state index in [-0.39, 0.29) is 6.04 Å². The van der Waals surface area contributed by atoms with Gasteiger partial charge in [0.1, 0.15) is 0 Å². The van der Waals surface area contributed by atoms with Gasteiger partial charge in [0.2, 0.25) is 5.91 Å². The zero-order valence-corrected chi connectivity index (χ0v) is 12.1. The first-order chi connectivity index (χ1) is 8.52. The van der Waals surface area contributed by atoms with Gasteiger partial charge >= 0.3 is 0 Å². The van der Waals surface area contributed by atoms with Gasteiger partial charge < -0.3 is 10.2 Å². The van der Waals surface area contributed by atoms with E-state index in [9.17, 15) is 10.2 Å². The Morgan fingerprint density at radius 2 is 1.56 bits per heavy atom. The second kappa shape index (κ2) is 10.5. The molecule has 3 nitrogen and oxygen atoms in total. The molecule has 0 aliphatic heterocycles. The number of hydrogen-bond acceptors (Lipinski definition) is 3. The van der Waals surface area contributed by atoms with E-state index in [4.69, 9.17) is 0 Å². The molecule has 0 amide bonds. The van der Waals surface area contributed by atoms with Gasteiger partial charge in [0.15, 0.2) is 0 Å². The Labute approximate surface area is 112 Å². The lowest BCUT2D eigenvalue weighted by molar-refractivity contribution is -0.149. The number of hydrogen-bond donors (Lipinski definition) is 3. The van der Waals surface area contributed by atoms with Crippen LogP contribution in [0.3, 0.4) is 0 Å². The van der Waals surface area contributed by atoms with Crippen LogP contribution >= 0.6 is 0 Å². The molecule has 0 aliphatic rings. The van der Waals surface area contributed by atoms with E-state index < -0.39 is 5.91 Å². The average molecular weight is 257 g/mol. The number of unbranched alkanes of at least 4 members (excludes halogenated alkanes) is 7. The highest BCUT2D eigenvalue weighted by Crippen LogP contribution is 2.11. The van der Waals surface area contributed by atoms with Gasteiger partial charge in [-0.2, -0.15) is 0 Å². The largest absolute Gasteiger partial charge is 0.350 e. The van der Waals surface area contributed by atoms with Crippen LogP contribution in [0.4, 0.5) is 0 Å². The van der Waals surface area contributed by atoms with E-state index in [1.165, 1.54) is 44.9 Å². The first-order valence-corrected chi connectivity index (χ1v) is 7.38. The highest BCUT2D eigenvalue weighted by atomic mass is 16.5. The molecule has 0 aliphatic carbocycles. The van der Waals surface area contributed by atoms with E-state index in [0.717, 1.165) is 18.9 Å². The lowest BCUT2D eigenvalue weighted by atomic mass is 10.1. The molecule has 0 aromatic carbocycles. The summed E-state index contributed by atoms with van der Waals surface area (Å²) in [5.74, 6) is -1.93. The fraction of sp³-hybridized carbons (Fsp3) is 0.867. The lowest BCUT2D eigenvalue weighted by Gasteiger charge is -2.23. The predicted molar refractivity (Wildman–Crippen MR) is 77.2 cm³/mol. The smallest absolute Gasteiger partial charge is 0.243 e. The summed E-state index contributed by atoms with van der Waals surface area (Å²) in [4.78, 5) is 0. The van der Waals surface area contributed by atoms with Crippen LogP contribution in [0.1, 0.15) is 71.6 Å². The molecule has 0 bridgehead atoms. The fourth-order valence-corrected chi connectivity index (χ4v) is 2.08. The Morgan fingerprint density at radius 3 is 2.06 bits per heavy atom. The minimum atomic E-state index is -1.93. The first kappa shape index (κ1) is 17.6. The molecule has 0 heterocycles. The lowest BCUT2D eigenvalue weighted by Crippen LogP contribution is -2.47. The van der Waals surface area contributed by atoms with Crippen molar-refractivity contribution in [3.05, 3.63) is 12.7 Å². The molecule has 3 heteroatoms. The predicted octanol–water partition coefficient (Wildman–Crippen LogP) is 3.32. The van der Waals surface area contributed by atoms with Crippen LogP contribution in [0.25, 0.3) is 0 Å². The van der Waals surface area contributed by atoms with E-state index in [1.54, 1.807) is 0 Å². The summed E-state index contributed by atoms with van der Waals surface area (Å²) in [7, 11) is 0. The molecule has 0 saturated heterocycles. The average Bonchev–Trinajstić information content (AvgIpc) is 2.32. The van der Waals surface area contributed by atoms with Crippen molar-refractivity contribution in [3.63, 3.8) is 0 Å². The van der Waals surface area contributed by atoms with Crippen LogP contribution in [0.15, 0.2) is 12.7 Å². The van der Waals surface area contributed by atoms with Crippen LogP contribution in [0, 0.1) is 0 Å². The van der Waals surface area contributed by atoms with E-state index >= 15 is 0 Å². The summed E-state index contributed by atoms with van der Waals surface area (Å²) < 4.78 is 0. The molecule has 3 N–H and O–H groups in total. The number of nitrogens with one attached hydrogen (secondary N) is 1. The van der Waals surface area contributed by atoms with Gasteiger partial charge in [-0.1, -0.05) is 64.9 Å². The van der Waals surface area contributed by atoms with Gasteiger partial charge in [-0.05, 0) is 19.4 Å². The minimum Gasteiger partial charge on any atom is -0.350 e. The third-order valence-corrected chi connectivity index (χ3v) is 3.23. The van der Waals surface area contributed by atoms with Gasteiger partial charge in [-0.15, -0.1) is 0 Å². The van der Waals surface area contributed by atoms with Gasteiger partial charge in [-0.25, -0.2) is 0 Å². The summed E-state index contributed by atoms with van der Waals surface area (Å²) >= 11 is 0. The maximum atomic E-state index is 9.34. The van der Waals surface area contributed by atoms with Crippen molar-refractivity contribution >= 4 is 0 Å². The van der Waals surface area contributed by atoms with Crippen LogP contribution < -0.4 is 5.32 Å². The highest BCUT2D eigenvalue weighted by Gasteiger charge is 2.19. The molecule has 1 atom stereocenters. The molecule has 0 radical (unpaired) electrons. The minimum absolute atomic E-state index is 0.0955. The Morgan fingerprint density at radius 1 is 1.06 bits per heavy atom. The van der Waals surface area contributed by atoms with Gasteiger partial charge in [0.05, 0.1) is 0 Å². The third kappa shape index (κ3) is 10.8. The summed E-state index contributed by atoms with van der Waals surface area (Å²) in [5.41, 5.74) is 0. The monoisotopic (exact) mass is 257 g/mol. The maximum Gasteiger partial charge on any atom is 0.243 e. The Kier molecular flexibility index (Phi) is 10.3. The molecule has 0 spiro atoms. The summed E-state index contributed by atoms with van der Waals surface area (Å²) in [6.45, 7) is 7.57. The molecule has 0 unspecified atom stereocenters. The van der Waals surface area contributed by atoms with Crippen molar-refractivity contribution < 1.29 is 10.2 Å².